The Morgan fingerprint density at radius 1 is 1.11 bits per heavy atom. The number of carbonyl (C=O) groups excluding carboxylic acids is 1. The summed E-state index contributed by atoms with van der Waals surface area (Å²) in [7, 11) is 0. The predicted octanol–water partition coefficient (Wildman–Crippen LogP) is 2.91. The van der Waals surface area contributed by atoms with Crippen molar-refractivity contribution in [1.29, 1.82) is 0 Å². The molecule has 7 rings (SSSR count). The standard InChI is InChI=1S/C23H28N4O/c1-14-5-7-15(8-6-14)18-13-27(21-16-9-11-26(12-10-16)22(18)21)23(28)20-17-3-2-4-19(17)24-25-20/h5-8,16,18,21-22H,2-4,9-13H2,1H3,(H,24,25)/t18-,21-,22-/m1/s1. The topological polar surface area (TPSA) is 52.2 Å². The van der Waals surface area contributed by atoms with Crippen molar-refractivity contribution < 1.29 is 4.79 Å². The van der Waals surface area contributed by atoms with Gasteiger partial charge in [0.2, 0.25) is 0 Å². The first-order valence-corrected chi connectivity index (χ1v) is 10.9. The van der Waals surface area contributed by atoms with Gasteiger partial charge < -0.3 is 4.90 Å². The lowest BCUT2D eigenvalue weighted by atomic mass is 9.75. The maximum Gasteiger partial charge on any atom is 0.274 e. The number of nitrogens with zero attached hydrogens (tertiary/aromatic N) is 3. The number of aryl methyl sites for hydroxylation is 2. The van der Waals surface area contributed by atoms with E-state index in [2.05, 4.69) is 51.2 Å². The summed E-state index contributed by atoms with van der Waals surface area (Å²) in [6, 6.07) is 9.79. The second kappa shape index (κ2) is 6.18. The molecule has 1 aliphatic carbocycles. The normalized spacial score (nSPS) is 33.2. The van der Waals surface area contributed by atoms with Crippen LogP contribution in [0.25, 0.3) is 0 Å². The summed E-state index contributed by atoms with van der Waals surface area (Å²) in [6.45, 7) is 5.34. The van der Waals surface area contributed by atoms with E-state index in [0.29, 0.717) is 29.6 Å². The van der Waals surface area contributed by atoms with Gasteiger partial charge in [-0.3, -0.25) is 14.8 Å². The van der Waals surface area contributed by atoms with E-state index in [9.17, 15) is 4.79 Å². The molecule has 2 aromatic rings. The van der Waals surface area contributed by atoms with Crippen molar-refractivity contribution in [3.63, 3.8) is 0 Å². The minimum absolute atomic E-state index is 0.165. The Kier molecular flexibility index (Phi) is 3.70. The van der Waals surface area contributed by atoms with Gasteiger partial charge in [-0.1, -0.05) is 29.8 Å². The number of piperidine rings is 3. The Labute approximate surface area is 166 Å². The Bertz CT molecular complexity index is 909. The van der Waals surface area contributed by atoms with Crippen molar-refractivity contribution in [2.24, 2.45) is 5.92 Å². The molecule has 1 N–H and O–H groups in total. The summed E-state index contributed by atoms with van der Waals surface area (Å²) in [5, 5.41) is 7.60. The number of carbonyl (C=O) groups is 1. The minimum atomic E-state index is 0.165. The highest BCUT2D eigenvalue weighted by Crippen LogP contribution is 2.47. The Balaban J connectivity index is 1.38. The average molecular weight is 377 g/mol. The number of hydrogen-bond acceptors (Lipinski definition) is 3. The van der Waals surface area contributed by atoms with Gasteiger partial charge in [0.15, 0.2) is 5.69 Å². The Hall–Kier alpha value is -2.14. The van der Waals surface area contributed by atoms with Gasteiger partial charge in [-0.25, -0.2) is 0 Å². The molecule has 146 valence electrons. The van der Waals surface area contributed by atoms with Crippen molar-refractivity contribution in [3.8, 4) is 0 Å². The molecule has 4 fully saturated rings. The van der Waals surface area contributed by atoms with Crippen LogP contribution in [0, 0.1) is 12.8 Å². The predicted molar refractivity (Wildman–Crippen MR) is 107 cm³/mol. The van der Waals surface area contributed by atoms with Gasteiger partial charge in [0.1, 0.15) is 0 Å². The number of likely N-dealkylation sites (tertiary alicyclic amines) is 1. The van der Waals surface area contributed by atoms with Crippen molar-refractivity contribution in [3.05, 3.63) is 52.3 Å². The van der Waals surface area contributed by atoms with E-state index in [0.717, 1.165) is 25.8 Å². The van der Waals surface area contributed by atoms with Crippen LogP contribution in [0.2, 0.25) is 0 Å². The zero-order chi connectivity index (χ0) is 18.8. The second-order valence-electron chi connectivity index (χ2n) is 9.21. The van der Waals surface area contributed by atoms with E-state index >= 15 is 0 Å². The SMILES string of the molecule is Cc1ccc([C@H]2CN(C(=O)c3n[nH]c4c3CCC4)[C@@H]3C4CCN(CC4)[C@H]23)cc1. The zero-order valence-corrected chi connectivity index (χ0v) is 16.5. The van der Waals surface area contributed by atoms with Crippen molar-refractivity contribution in [2.75, 3.05) is 19.6 Å². The molecule has 0 spiro atoms. The highest BCUT2D eigenvalue weighted by Gasteiger charge is 2.55. The molecule has 0 unspecified atom stereocenters. The molecule has 0 radical (unpaired) electrons. The van der Waals surface area contributed by atoms with Crippen LogP contribution in [0.15, 0.2) is 24.3 Å². The molecule has 4 aliphatic heterocycles. The van der Waals surface area contributed by atoms with Crippen LogP contribution in [0.1, 0.15) is 58.1 Å². The third-order valence-corrected chi connectivity index (χ3v) is 7.77. The number of hydrogen-bond donors (Lipinski definition) is 1. The summed E-state index contributed by atoms with van der Waals surface area (Å²) < 4.78 is 0. The fourth-order valence-electron chi connectivity index (χ4n) is 6.39. The Morgan fingerprint density at radius 3 is 2.68 bits per heavy atom. The molecule has 28 heavy (non-hydrogen) atoms. The lowest BCUT2D eigenvalue weighted by Crippen LogP contribution is -2.60. The largest absolute Gasteiger partial charge is 0.332 e. The molecule has 5 heterocycles. The van der Waals surface area contributed by atoms with E-state index in [1.807, 2.05) is 0 Å². The number of aromatic amines is 1. The first kappa shape index (κ1) is 16.8. The lowest BCUT2D eigenvalue weighted by molar-refractivity contribution is -0.00361. The van der Waals surface area contributed by atoms with Crippen LogP contribution in [0.5, 0.6) is 0 Å². The van der Waals surface area contributed by atoms with Gasteiger partial charge >= 0.3 is 0 Å². The number of rotatable bonds is 2. The van der Waals surface area contributed by atoms with E-state index in [1.165, 1.54) is 48.3 Å². The first-order chi connectivity index (χ1) is 13.7. The summed E-state index contributed by atoms with van der Waals surface area (Å²) in [5.41, 5.74) is 5.75. The van der Waals surface area contributed by atoms with E-state index in [1.54, 1.807) is 0 Å². The molecule has 1 aromatic carbocycles. The lowest BCUT2D eigenvalue weighted by Gasteiger charge is -2.51. The number of H-pyrrole nitrogens is 1. The number of nitrogens with one attached hydrogen (secondary N) is 1. The molecule has 5 heteroatoms. The quantitative estimate of drug-likeness (QED) is 0.877. The third kappa shape index (κ3) is 2.35. The molecule has 5 nitrogen and oxygen atoms in total. The molecular weight excluding hydrogens is 348 g/mol. The maximum atomic E-state index is 13.7. The van der Waals surface area contributed by atoms with E-state index in [-0.39, 0.29) is 5.91 Å². The fraction of sp³-hybridized carbons (Fsp3) is 0.565. The van der Waals surface area contributed by atoms with Crippen LogP contribution in [-0.2, 0) is 12.8 Å². The summed E-state index contributed by atoms with van der Waals surface area (Å²) in [6.07, 6.45) is 5.61. The van der Waals surface area contributed by atoms with Gasteiger partial charge in [-0.2, -0.15) is 5.10 Å². The first-order valence-electron chi connectivity index (χ1n) is 10.9. The number of fused-ring (bicyclic) bond motifs is 3. The van der Waals surface area contributed by atoms with Crippen molar-refractivity contribution in [1.82, 2.24) is 20.0 Å². The zero-order valence-electron chi connectivity index (χ0n) is 16.5. The highest BCUT2D eigenvalue weighted by molar-refractivity contribution is 5.95. The number of aromatic nitrogens is 2. The van der Waals surface area contributed by atoms with Gasteiger partial charge in [0, 0.05) is 29.8 Å². The molecule has 1 amide bonds. The number of amides is 1. The highest BCUT2D eigenvalue weighted by atomic mass is 16.2. The summed E-state index contributed by atoms with van der Waals surface area (Å²) >= 11 is 0. The van der Waals surface area contributed by atoms with Crippen LogP contribution < -0.4 is 0 Å². The Morgan fingerprint density at radius 2 is 1.89 bits per heavy atom. The number of benzene rings is 1. The summed E-state index contributed by atoms with van der Waals surface area (Å²) in [4.78, 5) is 18.5. The van der Waals surface area contributed by atoms with Crippen LogP contribution >= 0.6 is 0 Å². The second-order valence-corrected chi connectivity index (χ2v) is 9.21. The molecule has 3 atom stereocenters. The van der Waals surface area contributed by atoms with Crippen molar-refractivity contribution >= 4 is 5.91 Å². The smallest absolute Gasteiger partial charge is 0.274 e. The van der Waals surface area contributed by atoms with E-state index in [4.69, 9.17) is 0 Å². The van der Waals surface area contributed by atoms with Crippen LogP contribution in [-0.4, -0.2) is 57.6 Å². The van der Waals surface area contributed by atoms with Crippen molar-refractivity contribution in [2.45, 2.75) is 57.0 Å². The molecule has 4 saturated heterocycles. The van der Waals surface area contributed by atoms with Crippen LogP contribution in [0.4, 0.5) is 0 Å². The molecule has 5 aliphatic rings. The molecule has 0 saturated carbocycles. The van der Waals surface area contributed by atoms with Gasteiger partial charge in [-0.05, 0) is 63.6 Å². The molecular formula is C23H28N4O. The van der Waals surface area contributed by atoms with Gasteiger partial charge in [0.05, 0.1) is 6.04 Å². The monoisotopic (exact) mass is 376 g/mol. The average Bonchev–Trinajstić information content (AvgIpc) is 3.44. The van der Waals surface area contributed by atoms with E-state index < -0.39 is 0 Å². The molecule has 1 aromatic heterocycles. The molecule has 2 bridgehead atoms. The maximum absolute atomic E-state index is 13.7. The minimum Gasteiger partial charge on any atom is -0.332 e. The van der Waals surface area contributed by atoms with Gasteiger partial charge in [0.25, 0.3) is 5.91 Å². The third-order valence-electron chi connectivity index (χ3n) is 7.77. The van der Waals surface area contributed by atoms with Crippen LogP contribution in [0.3, 0.4) is 0 Å². The fourth-order valence-corrected chi connectivity index (χ4v) is 6.39. The van der Waals surface area contributed by atoms with Gasteiger partial charge in [-0.15, -0.1) is 0 Å². The summed E-state index contributed by atoms with van der Waals surface area (Å²) in [5.74, 6) is 1.21.